The van der Waals surface area contributed by atoms with Gasteiger partial charge in [-0.3, -0.25) is 0 Å². The molecule has 2 aromatic heterocycles. The van der Waals surface area contributed by atoms with Gasteiger partial charge in [0.25, 0.3) is 0 Å². The SMILES string of the molecule is Cc1nc([C@@H]2O[C@@H]3CO[C@H](c4ccccc4)O[C@@H]3[C@H](n3cc(-c4cc(F)c(F)c(F)c4)nn3)[C@H]2OC/C=C/P(c2ccccc2)c2ccccc2)n(-c2cc(Cl)ccc2Cl)n1. The van der Waals surface area contributed by atoms with Gasteiger partial charge in [-0.2, -0.15) is 5.10 Å². The van der Waals surface area contributed by atoms with Crippen LogP contribution in [0.1, 0.15) is 35.6 Å². The van der Waals surface area contributed by atoms with Crippen molar-refractivity contribution in [2.24, 2.45) is 0 Å². The zero-order valence-corrected chi connectivity index (χ0v) is 34.7. The van der Waals surface area contributed by atoms with Crippen molar-refractivity contribution in [3.05, 3.63) is 184 Å². The van der Waals surface area contributed by atoms with Gasteiger partial charge in [-0.1, -0.05) is 131 Å². The first-order valence-electron chi connectivity index (χ1n) is 19.3. The van der Waals surface area contributed by atoms with Crippen LogP contribution in [-0.2, 0) is 18.9 Å². The molecule has 0 amide bonds. The normalized spacial score (nSPS) is 21.6. The second-order valence-corrected chi connectivity index (χ2v) is 17.3. The first-order valence-corrected chi connectivity index (χ1v) is 21.5. The van der Waals surface area contributed by atoms with Gasteiger partial charge in [-0.05, 0) is 55.8 Å². The fourth-order valence-electron chi connectivity index (χ4n) is 7.59. The summed E-state index contributed by atoms with van der Waals surface area (Å²) < 4.78 is 73.1. The zero-order valence-electron chi connectivity index (χ0n) is 32.3. The van der Waals surface area contributed by atoms with Crippen molar-refractivity contribution in [2.75, 3.05) is 13.2 Å². The summed E-state index contributed by atoms with van der Waals surface area (Å²) in [5, 5.41) is 16.6. The number of benzene rings is 5. The first-order chi connectivity index (χ1) is 29.7. The molecule has 9 rings (SSSR count). The van der Waals surface area contributed by atoms with E-state index in [4.69, 9.17) is 52.2 Å². The van der Waals surface area contributed by atoms with Crippen LogP contribution in [0, 0.1) is 24.4 Å². The molecule has 310 valence electrons. The highest BCUT2D eigenvalue weighted by atomic mass is 35.5. The van der Waals surface area contributed by atoms with E-state index >= 15 is 0 Å². The molecule has 4 heterocycles. The third kappa shape index (κ3) is 8.65. The Morgan fingerprint density at radius 1 is 0.852 bits per heavy atom. The van der Waals surface area contributed by atoms with E-state index in [9.17, 15) is 13.2 Å². The predicted molar refractivity (Wildman–Crippen MR) is 226 cm³/mol. The molecule has 0 bridgehead atoms. The molecular formula is C45H36Cl2F3N6O4P. The van der Waals surface area contributed by atoms with Crippen molar-refractivity contribution in [1.82, 2.24) is 29.8 Å². The monoisotopic (exact) mass is 882 g/mol. The van der Waals surface area contributed by atoms with Crippen LogP contribution in [0.5, 0.6) is 0 Å². The number of aryl methyl sites for hydroxylation is 1. The molecule has 2 saturated heterocycles. The molecule has 0 aliphatic carbocycles. The maximum absolute atomic E-state index is 14.5. The van der Waals surface area contributed by atoms with Crippen LogP contribution in [0.15, 0.2) is 139 Å². The van der Waals surface area contributed by atoms with E-state index in [1.54, 1.807) is 29.8 Å². The Morgan fingerprint density at radius 2 is 1.52 bits per heavy atom. The smallest absolute Gasteiger partial charge is 0.194 e. The molecule has 7 aromatic rings. The number of hydrogen-bond donors (Lipinski definition) is 0. The number of halogens is 5. The minimum Gasteiger partial charge on any atom is -0.369 e. The van der Waals surface area contributed by atoms with Crippen molar-refractivity contribution < 1.29 is 32.1 Å². The Balaban J connectivity index is 1.15. The van der Waals surface area contributed by atoms with E-state index < -0.39 is 62.1 Å². The number of nitrogens with zero attached hydrogens (tertiary/aromatic N) is 6. The second kappa shape index (κ2) is 18.0. The van der Waals surface area contributed by atoms with E-state index in [0.29, 0.717) is 27.4 Å². The van der Waals surface area contributed by atoms with Gasteiger partial charge in [-0.15, -0.1) is 5.10 Å². The fourth-order valence-corrected chi connectivity index (χ4v) is 9.88. The number of hydrogen-bond acceptors (Lipinski definition) is 8. The number of ether oxygens (including phenoxy) is 4. The van der Waals surface area contributed by atoms with Crippen LogP contribution in [0.3, 0.4) is 0 Å². The number of fused-ring (bicyclic) bond motifs is 1. The highest BCUT2D eigenvalue weighted by Crippen LogP contribution is 2.46. The van der Waals surface area contributed by atoms with E-state index in [1.807, 2.05) is 72.8 Å². The summed E-state index contributed by atoms with van der Waals surface area (Å²) in [6.45, 7) is 1.96. The third-order valence-electron chi connectivity index (χ3n) is 10.4. The van der Waals surface area contributed by atoms with Crippen molar-refractivity contribution in [2.45, 2.75) is 43.7 Å². The summed E-state index contributed by atoms with van der Waals surface area (Å²) in [6, 6.07) is 35.9. The lowest BCUT2D eigenvalue weighted by atomic mass is 9.90. The first kappa shape index (κ1) is 41.1. The molecule has 0 saturated carbocycles. The van der Waals surface area contributed by atoms with Gasteiger partial charge in [0.2, 0.25) is 0 Å². The largest absolute Gasteiger partial charge is 0.369 e. The second-order valence-electron chi connectivity index (χ2n) is 14.3. The van der Waals surface area contributed by atoms with Crippen LogP contribution < -0.4 is 10.6 Å². The van der Waals surface area contributed by atoms with Gasteiger partial charge < -0.3 is 18.9 Å². The molecule has 61 heavy (non-hydrogen) atoms. The van der Waals surface area contributed by atoms with Crippen LogP contribution in [-0.4, -0.2) is 61.3 Å². The fraction of sp³-hybridized carbons (Fsp3) is 0.200. The molecule has 16 heteroatoms. The quantitative estimate of drug-likeness (QED) is 0.0937. The van der Waals surface area contributed by atoms with Gasteiger partial charge in [0.15, 0.2) is 29.6 Å². The lowest BCUT2D eigenvalue weighted by molar-refractivity contribution is -0.322. The Hall–Kier alpha value is -5.24. The maximum Gasteiger partial charge on any atom is 0.194 e. The van der Waals surface area contributed by atoms with Gasteiger partial charge in [0.05, 0.1) is 30.1 Å². The van der Waals surface area contributed by atoms with Crippen LogP contribution in [0.4, 0.5) is 13.2 Å². The Labute approximate surface area is 360 Å². The van der Waals surface area contributed by atoms with E-state index in [2.05, 4.69) is 40.4 Å². The van der Waals surface area contributed by atoms with E-state index in [1.165, 1.54) is 10.9 Å². The lowest BCUT2D eigenvalue weighted by Gasteiger charge is -2.49. The van der Waals surface area contributed by atoms with Crippen molar-refractivity contribution in [3.8, 4) is 16.9 Å². The predicted octanol–water partition coefficient (Wildman–Crippen LogP) is 9.39. The summed E-state index contributed by atoms with van der Waals surface area (Å²) in [5.41, 5.74) is 1.31. The van der Waals surface area contributed by atoms with Gasteiger partial charge in [0.1, 0.15) is 42.0 Å². The average molecular weight is 884 g/mol. The minimum absolute atomic E-state index is 0.0144. The molecule has 0 radical (unpaired) electrons. The molecule has 0 N–H and O–H groups in total. The maximum atomic E-state index is 14.5. The summed E-state index contributed by atoms with van der Waals surface area (Å²) in [6.07, 6.45) is -0.686. The summed E-state index contributed by atoms with van der Waals surface area (Å²) >= 11 is 13.2. The number of aromatic nitrogens is 6. The molecule has 2 fully saturated rings. The molecule has 5 aromatic carbocycles. The molecule has 0 unspecified atom stereocenters. The topological polar surface area (TPSA) is 98.3 Å². The van der Waals surface area contributed by atoms with Gasteiger partial charge in [0, 0.05) is 16.1 Å². The Bertz CT molecular complexity index is 2600. The highest BCUT2D eigenvalue weighted by Gasteiger charge is 2.53. The van der Waals surface area contributed by atoms with E-state index in [0.717, 1.165) is 28.3 Å². The summed E-state index contributed by atoms with van der Waals surface area (Å²) in [5.74, 6) is -1.38. The summed E-state index contributed by atoms with van der Waals surface area (Å²) in [4.78, 5) is 4.86. The van der Waals surface area contributed by atoms with Gasteiger partial charge in [-0.25, -0.2) is 27.5 Å². The van der Waals surface area contributed by atoms with Crippen LogP contribution in [0.25, 0.3) is 16.9 Å². The van der Waals surface area contributed by atoms with E-state index in [-0.39, 0.29) is 24.5 Å². The van der Waals surface area contributed by atoms with Crippen molar-refractivity contribution >= 4 is 41.7 Å². The molecule has 2 aliphatic rings. The highest BCUT2D eigenvalue weighted by molar-refractivity contribution is 7.75. The summed E-state index contributed by atoms with van der Waals surface area (Å²) in [7, 11) is -0.906. The Morgan fingerprint density at radius 3 is 2.21 bits per heavy atom. The molecule has 10 nitrogen and oxygen atoms in total. The van der Waals surface area contributed by atoms with Crippen LogP contribution in [0.2, 0.25) is 10.0 Å². The van der Waals surface area contributed by atoms with Crippen molar-refractivity contribution in [3.63, 3.8) is 0 Å². The zero-order chi connectivity index (χ0) is 42.0. The van der Waals surface area contributed by atoms with Crippen LogP contribution >= 0.6 is 31.1 Å². The standard InChI is InChI=1S/C45H36Cl2F3N6O4P/c1-27-51-44(56(53-27)37-24-30(46)18-19-33(37)47)43-42(57-20-11-21-61(31-14-7-3-8-15-31)32-16-9-4-10-17-32)40(41-38(59-43)26-58-45(60-41)28-12-5-2-6-13-28)55-25-36(52-54-55)29-22-34(48)39(50)35(49)23-29/h2-19,21-25,38,40-43,45H,20,26H2,1H3/b21-11+/t38-,40+,41+,42-,43-,45+/m1/s1. The van der Waals surface area contributed by atoms with Gasteiger partial charge >= 0.3 is 0 Å². The number of rotatable bonds is 11. The molecule has 0 spiro atoms. The van der Waals surface area contributed by atoms with Crippen molar-refractivity contribution in [1.29, 1.82) is 0 Å². The third-order valence-corrected chi connectivity index (χ3v) is 13.1. The molecular weight excluding hydrogens is 847 g/mol. The molecule has 6 atom stereocenters. The minimum atomic E-state index is -1.59. The molecule has 2 aliphatic heterocycles. The average Bonchev–Trinajstić information content (AvgIpc) is 3.93. The Kier molecular flexibility index (Phi) is 12.1. The lowest BCUT2D eigenvalue weighted by Crippen LogP contribution is -2.57.